The zero-order chi connectivity index (χ0) is 13.8. The number of esters is 1. The molecular formula is C10H13FN2O4S. The Morgan fingerprint density at radius 2 is 2.17 bits per heavy atom. The smallest absolute Gasteiger partial charge is 0.323 e. The van der Waals surface area contributed by atoms with Crippen LogP contribution < -0.4 is 10.5 Å². The topological polar surface area (TPSA) is 98.5 Å². The number of nitrogens with one attached hydrogen (secondary N) is 1. The highest BCUT2D eigenvalue weighted by atomic mass is 32.2. The molecule has 0 amide bonds. The molecule has 1 aromatic rings. The van der Waals surface area contributed by atoms with Crippen LogP contribution in [0.5, 0.6) is 0 Å². The Morgan fingerprint density at radius 1 is 1.50 bits per heavy atom. The monoisotopic (exact) mass is 276 g/mol. The summed E-state index contributed by atoms with van der Waals surface area (Å²) >= 11 is 0. The number of hydrogen-bond acceptors (Lipinski definition) is 5. The second-order valence-corrected chi connectivity index (χ2v) is 5.12. The molecule has 0 atom stereocenters. The lowest BCUT2D eigenvalue weighted by Gasteiger charge is -2.09. The third-order valence-corrected chi connectivity index (χ3v) is 3.04. The number of carbonyl (C=O) groups is 1. The molecule has 0 saturated heterocycles. The molecule has 0 aliphatic rings. The van der Waals surface area contributed by atoms with Gasteiger partial charge in [-0.15, -0.1) is 0 Å². The van der Waals surface area contributed by atoms with E-state index in [1.54, 1.807) is 6.92 Å². The molecule has 1 aromatic carbocycles. The Labute approximate surface area is 104 Å². The van der Waals surface area contributed by atoms with Crippen LogP contribution in [0.4, 0.5) is 15.8 Å². The summed E-state index contributed by atoms with van der Waals surface area (Å²) in [6, 6.07) is 3.20. The summed E-state index contributed by atoms with van der Waals surface area (Å²) in [5.74, 6) is -2.27. The number of nitrogen functional groups attached to an aromatic ring is 1. The Morgan fingerprint density at radius 3 is 2.72 bits per heavy atom. The van der Waals surface area contributed by atoms with E-state index in [-0.39, 0.29) is 18.0 Å². The van der Waals surface area contributed by atoms with E-state index in [1.165, 1.54) is 6.07 Å². The highest BCUT2D eigenvalue weighted by Gasteiger charge is 2.18. The molecular weight excluding hydrogens is 263 g/mol. The molecule has 0 fully saturated rings. The minimum absolute atomic E-state index is 0.0145. The van der Waals surface area contributed by atoms with Gasteiger partial charge in [-0.1, -0.05) is 0 Å². The first kappa shape index (κ1) is 14.2. The van der Waals surface area contributed by atoms with E-state index in [2.05, 4.69) is 9.46 Å². The maximum Gasteiger partial charge on any atom is 0.323 e. The number of anilines is 2. The number of halogens is 1. The SMILES string of the molecule is CCOC(=O)CS(=O)(=O)Nc1ccc(F)cc1N. The van der Waals surface area contributed by atoms with Crippen LogP contribution in [0.1, 0.15) is 6.92 Å². The summed E-state index contributed by atoms with van der Waals surface area (Å²) in [6.45, 7) is 1.66. The standard InChI is InChI=1S/C10H13FN2O4S/c1-2-17-10(14)6-18(15,16)13-9-4-3-7(11)5-8(9)12/h3-5,13H,2,6,12H2,1H3. The van der Waals surface area contributed by atoms with Crippen LogP contribution in [0.25, 0.3) is 0 Å². The van der Waals surface area contributed by atoms with Crippen LogP contribution in [0, 0.1) is 5.82 Å². The van der Waals surface area contributed by atoms with Gasteiger partial charge < -0.3 is 10.5 Å². The summed E-state index contributed by atoms with van der Waals surface area (Å²) in [4.78, 5) is 11.1. The number of sulfonamides is 1. The Kier molecular flexibility index (Phi) is 4.49. The molecule has 3 N–H and O–H groups in total. The van der Waals surface area contributed by atoms with Gasteiger partial charge in [-0.25, -0.2) is 12.8 Å². The quantitative estimate of drug-likeness (QED) is 0.609. The maximum atomic E-state index is 12.8. The summed E-state index contributed by atoms with van der Waals surface area (Å²) in [5, 5.41) is 0. The second-order valence-electron chi connectivity index (χ2n) is 3.40. The van der Waals surface area contributed by atoms with E-state index in [0.717, 1.165) is 12.1 Å². The molecule has 8 heteroatoms. The molecule has 0 radical (unpaired) electrons. The van der Waals surface area contributed by atoms with Crippen LogP contribution in [0.3, 0.4) is 0 Å². The highest BCUT2D eigenvalue weighted by molar-refractivity contribution is 7.93. The van der Waals surface area contributed by atoms with Gasteiger partial charge in [-0.05, 0) is 25.1 Å². The molecule has 0 aliphatic carbocycles. The average Bonchev–Trinajstić information content (AvgIpc) is 2.21. The molecule has 0 aliphatic heterocycles. The predicted octanol–water partition coefficient (Wildman–Crippen LogP) is 0.713. The Balaban J connectivity index is 2.79. The van der Waals surface area contributed by atoms with Crippen molar-refractivity contribution in [1.82, 2.24) is 0 Å². The second kappa shape index (κ2) is 5.67. The van der Waals surface area contributed by atoms with Gasteiger partial charge in [0.25, 0.3) is 0 Å². The molecule has 100 valence electrons. The Bertz CT molecular complexity index is 545. The highest BCUT2D eigenvalue weighted by Crippen LogP contribution is 2.20. The predicted molar refractivity (Wildman–Crippen MR) is 64.9 cm³/mol. The van der Waals surface area contributed by atoms with Crippen LogP contribution >= 0.6 is 0 Å². The first-order valence-electron chi connectivity index (χ1n) is 5.05. The van der Waals surface area contributed by atoms with Gasteiger partial charge in [0.15, 0.2) is 5.75 Å². The third-order valence-electron chi connectivity index (χ3n) is 1.89. The van der Waals surface area contributed by atoms with Crippen molar-refractivity contribution in [3.8, 4) is 0 Å². The fraction of sp³-hybridized carbons (Fsp3) is 0.300. The molecule has 0 bridgehead atoms. The van der Waals surface area contributed by atoms with E-state index in [1.807, 2.05) is 0 Å². The summed E-state index contributed by atoms with van der Waals surface area (Å²) in [7, 11) is -3.92. The molecule has 0 aromatic heterocycles. The number of carbonyl (C=O) groups excluding carboxylic acids is 1. The fourth-order valence-corrected chi connectivity index (χ4v) is 2.17. The van der Waals surface area contributed by atoms with E-state index in [9.17, 15) is 17.6 Å². The van der Waals surface area contributed by atoms with E-state index < -0.39 is 27.6 Å². The molecule has 0 unspecified atom stereocenters. The van der Waals surface area contributed by atoms with Crippen LogP contribution in [0.15, 0.2) is 18.2 Å². The first-order chi connectivity index (χ1) is 8.34. The molecule has 0 heterocycles. The third kappa shape index (κ3) is 4.21. The average molecular weight is 276 g/mol. The summed E-state index contributed by atoms with van der Waals surface area (Å²) in [5.41, 5.74) is 5.38. The van der Waals surface area contributed by atoms with Gasteiger partial charge in [0.2, 0.25) is 10.0 Å². The molecule has 0 saturated carbocycles. The van der Waals surface area contributed by atoms with Crippen LogP contribution in [-0.4, -0.2) is 26.7 Å². The van der Waals surface area contributed by atoms with Gasteiger partial charge >= 0.3 is 5.97 Å². The van der Waals surface area contributed by atoms with E-state index >= 15 is 0 Å². The number of ether oxygens (including phenoxy) is 1. The minimum Gasteiger partial charge on any atom is -0.465 e. The van der Waals surface area contributed by atoms with Crippen molar-refractivity contribution in [2.24, 2.45) is 0 Å². The lowest BCUT2D eigenvalue weighted by Crippen LogP contribution is -2.24. The Hall–Kier alpha value is -1.83. The van der Waals surface area contributed by atoms with E-state index in [0.29, 0.717) is 0 Å². The normalized spacial score (nSPS) is 11.0. The lowest BCUT2D eigenvalue weighted by atomic mass is 10.3. The molecule has 1 rings (SSSR count). The maximum absolute atomic E-state index is 12.8. The van der Waals surface area contributed by atoms with Gasteiger partial charge in [0.05, 0.1) is 18.0 Å². The van der Waals surface area contributed by atoms with Gasteiger partial charge in [0, 0.05) is 0 Å². The van der Waals surface area contributed by atoms with Gasteiger partial charge in [-0.2, -0.15) is 0 Å². The van der Waals surface area contributed by atoms with Crippen molar-refractivity contribution in [2.75, 3.05) is 22.8 Å². The summed E-state index contributed by atoms with van der Waals surface area (Å²) in [6.07, 6.45) is 0. The zero-order valence-electron chi connectivity index (χ0n) is 9.64. The minimum atomic E-state index is -3.92. The van der Waals surface area contributed by atoms with Crippen molar-refractivity contribution in [3.63, 3.8) is 0 Å². The number of hydrogen-bond donors (Lipinski definition) is 2. The van der Waals surface area contributed by atoms with Gasteiger partial charge in [0.1, 0.15) is 5.82 Å². The van der Waals surface area contributed by atoms with Gasteiger partial charge in [-0.3, -0.25) is 9.52 Å². The van der Waals surface area contributed by atoms with Crippen molar-refractivity contribution < 1.29 is 22.3 Å². The van der Waals surface area contributed by atoms with Crippen molar-refractivity contribution in [1.29, 1.82) is 0 Å². The van der Waals surface area contributed by atoms with Crippen molar-refractivity contribution in [3.05, 3.63) is 24.0 Å². The largest absolute Gasteiger partial charge is 0.465 e. The number of benzene rings is 1. The van der Waals surface area contributed by atoms with Crippen molar-refractivity contribution >= 4 is 27.4 Å². The summed E-state index contributed by atoms with van der Waals surface area (Å²) < 4.78 is 42.5. The first-order valence-corrected chi connectivity index (χ1v) is 6.70. The van der Waals surface area contributed by atoms with Crippen molar-refractivity contribution in [2.45, 2.75) is 6.92 Å². The fourth-order valence-electron chi connectivity index (χ4n) is 1.19. The molecule has 6 nitrogen and oxygen atoms in total. The van der Waals surface area contributed by atoms with Crippen LogP contribution in [-0.2, 0) is 19.6 Å². The number of nitrogens with two attached hydrogens (primary N) is 1. The zero-order valence-corrected chi connectivity index (χ0v) is 10.5. The van der Waals surface area contributed by atoms with E-state index in [4.69, 9.17) is 5.73 Å². The number of rotatable bonds is 5. The molecule has 18 heavy (non-hydrogen) atoms. The van der Waals surface area contributed by atoms with Crippen LogP contribution in [0.2, 0.25) is 0 Å². The molecule has 0 spiro atoms. The lowest BCUT2D eigenvalue weighted by molar-refractivity contribution is -0.139.